The zero-order valence-corrected chi connectivity index (χ0v) is 23.1. The van der Waals surface area contributed by atoms with Gasteiger partial charge in [-0.2, -0.15) is 4.31 Å². The van der Waals surface area contributed by atoms with Crippen LogP contribution in [-0.2, 0) is 28.0 Å². The lowest BCUT2D eigenvalue weighted by Crippen LogP contribution is -2.48. The number of carbonyl (C=O) groups is 1. The summed E-state index contributed by atoms with van der Waals surface area (Å²) in [6, 6.07) is 11.8. The maximum Gasteiger partial charge on any atom is 0.243 e. The zero-order chi connectivity index (χ0) is 27.4. The monoisotopic (exact) mass is 559 g/mol. The third kappa shape index (κ3) is 6.82. The van der Waals surface area contributed by atoms with Crippen LogP contribution < -0.4 is 15.5 Å². The molecule has 0 spiro atoms. The number of aryl methyl sites for hydroxylation is 2. The van der Waals surface area contributed by atoms with Crippen molar-refractivity contribution in [3.8, 4) is 5.75 Å². The Bertz CT molecular complexity index is 1480. The molecular formula is C27H30ClN3O6S. The number of rotatable bonds is 8. The Morgan fingerprint density at radius 1 is 1.05 bits per heavy atom. The molecule has 9 nitrogen and oxygen atoms in total. The number of anilines is 1. The molecule has 202 valence electrons. The van der Waals surface area contributed by atoms with E-state index in [2.05, 4.69) is 11.4 Å². The largest absolute Gasteiger partial charge is 0.482 e. The van der Waals surface area contributed by atoms with E-state index in [1.807, 2.05) is 30.9 Å². The highest BCUT2D eigenvalue weighted by Gasteiger charge is 2.29. The summed E-state index contributed by atoms with van der Waals surface area (Å²) >= 11 is 6.17. The van der Waals surface area contributed by atoms with Crippen LogP contribution in [0.3, 0.4) is 0 Å². The molecule has 1 fully saturated rings. The van der Waals surface area contributed by atoms with Crippen LogP contribution >= 0.6 is 11.6 Å². The van der Waals surface area contributed by atoms with Crippen LogP contribution in [0.25, 0.3) is 0 Å². The van der Waals surface area contributed by atoms with Gasteiger partial charge < -0.3 is 14.5 Å². The highest BCUT2D eigenvalue weighted by atomic mass is 35.5. The average Bonchev–Trinajstić information content (AvgIpc) is 2.84. The molecule has 0 radical (unpaired) electrons. The quantitative estimate of drug-likeness (QED) is 0.445. The zero-order valence-electron chi connectivity index (χ0n) is 21.5. The van der Waals surface area contributed by atoms with E-state index in [1.54, 1.807) is 0 Å². The Morgan fingerprint density at radius 2 is 1.74 bits per heavy atom. The molecule has 0 unspecified atom stereocenters. The van der Waals surface area contributed by atoms with Crippen molar-refractivity contribution >= 4 is 33.2 Å². The van der Waals surface area contributed by atoms with Crippen LogP contribution in [0.2, 0.25) is 5.02 Å². The molecule has 1 aromatic heterocycles. The van der Waals surface area contributed by atoms with Crippen molar-refractivity contribution in [2.45, 2.75) is 38.8 Å². The van der Waals surface area contributed by atoms with Gasteiger partial charge in [-0.25, -0.2) is 8.42 Å². The molecule has 1 aliphatic rings. The minimum Gasteiger partial charge on any atom is -0.482 e. The van der Waals surface area contributed by atoms with Crippen molar-refractivity contribution < 1.29 is 22.4 Å². The van der Waals surface area contributed by atoms with E-state index < -0.39 is 10.0 Å². The maximum absolute atomic E-state index is 13.1. The van der Waals surface area contributed by atoms with Crippen LogP contribution in [0.15, 0.2) is 62.8 Å². The smallest absolute Gasteiger partial charge is 0.243 e. The number of nitrogens with zero attached hydrogens (tertiary/aromatic N) is 2. The molecular weight excluding hydrogens is 530 g/mol. The number of nitrogens with one attached hydrogen (secondary N) is 1. The maximum atomic E-state index is 13.1. The number of benzene rings is 2. The van der Waals surface area contributed by atoms with Crippen molar-refractivity contribution in [2.75, 3.05) is 31.5 Å². The first-order valence-electron chi connectivity index (χ1n) is 12.1. The number of hydrogen-bond donors (Lipinski definition) is 1. The first-order chi connectivity index (χ1) is 18.0. The molecule has 0 atom stereocenters. The molecule has 38 heavy (non-hydrogen) atoms. The van der Waals surface area contributed by atoms with E-state index >= 15 is 0 Å². The van der Waals surface area contributed by atoms with Crippen molar-refractivity contribution in [2.24, 2.45) is 0 Å². The van der Waals surface area contributed by atoms with Crippen LogP contribution in [0, 0.1) is 13.8 Å². The topological polar surface area (TPSA) is 109 Å². The fraction of sp³-hybridized carbons (Fsp3) is 0.333. The van der Waals surface area contributed by atoms with E-state index in [9.17, 15) is 18.0 Å². The van der Waals surface area contributed by atoms with Gasteiger partial charge in [0.15, 0.2) is 0 Å². The van der Waals surface area contributed by atoms with Gasteiger partial charge in [-0.3, -0.25) is 14.5 Å². The Kier molecular flexibility index (Phi) is 8.57. The predicted molar refractivity (Wildman–Crippen MR) is 145 cm³/mol. The highest BCUT2D eigenvalue weighted by Crippen LogP contribution is 2.27. The predicted octanol–water partition coefficient (Wildman–Crippen LogP) is 3.95. The van der Waals surface area contributed by atoms with Gasteiger partial charge in [-0.1, -0.05) is 40.9 Å². The molecule has 3 aromatic rings. The first-order valence-corrected chi connectivity index (χ1v) is 13.9. The first kappa shape index (κ1) is 27.8. The number of ether oxygens (including phenoxy) is 1. The van der Waals surface area contributed by atoms with Gasteiger partial charge in [-0.15, -0.1) is 0 Å². The second-order valence-corrected chi connectivity index (χ2v) is 11.7. The number of hydrogen-bond acceptors (Lipinski definition) is 7. The van der Waals surface area contributed by atoms with Gasteiger partial charge in [0, 0.05) is 39.2 Å². The van der Waals surface area contributed by atoms with Gasteiger partial charge >= 0.3 is 0 Å². The molecule has 2 heterocycles. The minimum atomic E-state index is -3.75. The summed E-state index contributed by atoms with van der Waals surface area (Å²) < 4.78 is 38.9. The van der Waals surface area contributed by atoms with E-state index in [-0.39, 0.29) is 46.7 Å². The molecule has 1 saturated heterocycles. The molecule has 2 aromatic carbocycles. The van der Waals surface area contributed by atoms with Crippen LogP contribution in [0.1, 0.15) is 29.4 Å². The van der Waals surface area contributed by atoms with E-state index in [0.717, 1.165) is 16.7 Å². The summed E-state index contributed by atoms with van der Waals surface area (Å²) in [4.78, 5) is 25.9. The number of sulfonamides is 1. The standard InChI is InChI=1S/C27H30ClN3O6S/c1-18-10-19(2)12-21(11-18)16-37-27-17-36-22(13-26(27)33)15-30-6-8-31(9-7-30)38(34,35)23-4-5-25(24(28)14-23)29-20(3)32/h4-5,10-14,17H,6-9,15-16H2,1-3H3,(H,29,32). The highest BCUT2D eigenvalue weighted by molar-refractivity contribution is 7.89. The lowest BCUT2D eigenvalue weighted by atomic mass is 10.1. The van der Waals surface area contributed by atoms with Crippen molar-refractivity contribution in [3.05, 3.63) is 86.4 Å². The van der Waals surface area contributed by atoms with Gasteiger partial charge in [0.2, 0.25) is 27.1 Å². The summed E-state index contributed by atoms with van der Waals surface area (Å²) in [7, 11) is -3.75. The molecule has 1 aliphatic heterocycles. The number of amides is 1. The Balaban J connectivity index is 1.33. The minimum absolute atomic E-state index is 0.0625. The summed E-state index contributed by atoms with van der Waals surface area (Å²) in [5.41, 5.74) is 3.32. The molecule has 1 amide bonds. The molecule has 11 heteroatoms. The molecule has 0 bridgehead atoms. The number of halogens is 1. The van der Waals surface area contributed by atoms with Crippen LogP contribution in [-0.4, -0.2) is 49.7 Å². The summed E-state index contributed by atoms with van der Waals surface area (Å²) in [5.74, 6) is 0.325. The van der Waals surface area contributed by atoms with Gasteiger partial charge in [0.05, 0.1) is 22.2 Å². The Morgan fingerprint density at radius 3 is 2.34 bits per heavy atom. The van der Waals surface area contributed by atoms with Gasteiger partial charge in [-0.05, 0) is 37.6 Å². The summed E-state index contributed by atoms with van der Waals surface area (Å²) in [5, 5.41) is 2.71. The fourth-order valence-electron chi connectivity index (χ4n) is 4.38. The molecule has 1 N–H and O–H groups in total. The summed E-state index contributed by atoms with van der Waals surface area (Å²) in [6.07, 6.45) is 1.33. The number of piperazine rings is 1. The van der Waals surface area contributed by atoms with Crippen LogP contribution in [0.4, 0.5) is 5.69 Å². The molecule has 4 rings (SSSR count). The molecule has 0 saturated carbocycles. The van der Waals surface area contributed by atoms with Crippen molar-refractivity contribution in [3.63, 3.8) is 0 Å². The van der Waals surface area contributed by atoms with Crippen molar-refractivity contribution in [1.29, 1.82) is 0 Å². The van der Waals surface area contributed by atoms with E-state index in [0.29, 0.717) is 31.1 Å². The molecule has 0 aliphatic carbocycles. The van der Waals surface area contributed by atoms with E-state index in [4.69, 9.17) is 20.8 Å². The fourth-order valence-corrected chi connectivity index (χ4v) is 6.13. The van der Waals surface area contributed by atoms with Gasteiger partial charge in [0.1, 0.15) is 18.6 Å². The average molecular weight is 560 g/mol. The second-order valence-electron chi connectivity index (χ2n) is 9.36. The second kappa shape index (κ2) is 11.7. The Hall–Kier alpha value is -3.18. The Labute approximate surface area is 227 Å². The SMILES string of the molecule is CC(=O)Nc1ccc(S(=O)(=O)N2CCN(Cc3cc(=O)c(OCc4cc(C)cc(C)c4)co3)CC2)cc1Cl. The lowest BCUT2D eigenvalue weighted by Gasteiger charge is -2.33. The lowest BCUT2D eigenvalue weighted by molar-refractivity contribution is -0.114. The third-order valence-corrected chi connectivity index (χ3v) is 8.34. The third-order valence-electron chi connectivity index (χ3n) is 6.13. The van der Waals surface area contributed by atoms with Gasteiger partial charge in [0.25, 0.3) is 0 Å². The van der Waals surface area contributed by atoms with Crippen LogP contribution in [0.5, 0.6) is 5.75 Å². The normalized spacial score (nSPS) is 14.8. The van der Waals surface area contributed by atoms with Crippen molar-refractivity contribution in [1.82, 2.24) is 9.21 Å². The van der Waals surface area contributed by atoms with E-state index in [1.165, 1.54) is 41.8 Å². The number of carbonyl (C=O) groups excluding carboxylic acids is 1. The summed E-state index contributed by atoms with van der Waals surface area (Å²) in [6.45, 7) is 7.48.